The molecule has 0 bridgehead atoms. The Labute approximate surface area is 181 Å². The Bertz CT molecular complexity index is 1080. The third kappa shape index (κ3) is 4.11. The molecule has 1 amide bonds. The highest BCUT2D eigenvalue weighted by Crippen LogP contribution is 2.33. The highest BCUT2D eigenvalue weighted by Gasteiger charge is 2.36. The van der Waals surface area contributed by atoms with Crippen LogP contribution in [0.2, 0.25) is 0 Å². The lowest BCUT2D eigenvalue weighted by Crippen LogP contribution is -2.42. The first-order valence-corrected chi connectivity index (χ1v) is 12.1. The van der Waals surface area contributed by atoms with Crippen LogP contribution in [0.5, 0.6) is 11.5 Å². The SMILES string of the molecule is COc1ccc(C(=O)N2CCn3c(nnc3C3CCCCN3S(C)(=O)=O)C2)c(OC)c1. The van der Waals surface area contributed by atoms with E-state index in [1.807, 2.05) is 4.57 Å². The monoisotopic (exact) mass is 449 g/mol. The van der Waals surface area contributed by atoms with Crippen molar-refractivity contribution in [1.82, 2.24) is 24.0 Å². The largest absolute Gasteiger partial charge is 0.497 e. The number of sulfonamides is 1. The van der Waals surface area contributed by atoms with Gasteiger partial charge in [0.2, 0.25) is 10.0 Å². The van der Waals surface area contributed by atoms with Gasteiger partial charge in [-0.25, -0.2) is 8.42 Å². The predicted octanol–water partition coefficient (Wildman–Crippen LogP) is 1.44. The highest BCUT2D eigenvalue weighted by atomic mass is 32.2. The number of piperidine rings is 1. The number of carbonyl (C=O) groups excluding carboxylic acids is 1. The molecule has 2 aromatic rings. The van der Waals surface area contributed by atoms with E-state index >= 15 is 0 Å². The molecule has 2 aliphatic heterocycles. The van der Waals surface area contributed by atoms with Gasteiger partial charge in [0.05, 0.1) is 38.6 Å². The molecule has 0 N–H and O–H groups in total. The Morgan fingerprint density at radius 3 is 2.61 bits per heavy atom. The summed E-state index contributed by atoms with van der Waals surface area (Å²) in [6, 6.07) is 4.79. The standard InChI is InChI=1S/C20H27N5O5S/c1-29-14-7-8-15(17(12-14)30-2)20(26)23-10-11-24-18(13-23)21-22-19(24)16-6-4-5-9-25(16)31(3,27)28/h7-8,12,16H,4-6,9-11,13H2,1-3H3. The van der Waals surface area contributed by atoms with Gasteiger partial charge in [0.1, 0.15) is 11.5 Å². The van der Waals surface area contributed by atoms with Crippen LogP contribution in [0.3, 0.4) is 0 Å². The van der Waals surface area contributed by atoms with Crippen molar-refractivity contribution >= 4 is 15.9 Å². The molecule has 0 spiro atoms. The molecule has 0 aliphatic carbocycles. The van der Waals surface area contributed by atoms with E-state index in [-0.39, 0.29) is 11.9 Å². The van der Waals surface area contributed by atoms with Gasteiger partial charge in [0.25, 0.3) is 5.91 Å². The molecule has 3 heterocycles. The van der Waals surface area contributed by atoms with E-state index in [4.69, 9.17) is 9.47 Å². The maximum absolute atomic E-state index is 13.1. The quantitative estimate of drug-likeness (QED) is 0.680. The number of benzene rings is 1. The van der Waals surface area contributed by atoms with Crippen LogP contribution >= 0.6 is 0 Å². The molecule has 1 aromatic heterocycles. The number of carbonyl (C=O) groups is 1. The Morgan fingerprint density at radius 1 is 1.10 bits per heavy atom. The number of hydrogen-bond acceptors (Lipinski definition) is 7. The van der Waals surface area contributed by atoms with Gasteiger partial charge in [-0.05, 0) is 25.0 Å². The van der Waals surface area contributed by atoms with Crippen LogP contribution in [0.25, 0.3) is 0 Å². The van der Waals surface area contributed by atoms with Crippen molar-refractivity contribution in [1.29, 1.82) is 0 Å². The first-order chi connectivity index (χ1) is 14.8. The maximum Gasteiger partial charge on any atom is 0.258 e. The van der Waals surface area contributed by atoms with E-state index in [9.17, 15) is 13.2 Å². The zero-order valence-corrected chi connectivity index (χ0v) is 18.8. The molecular weight excluding hydrogens is 422 g/mol. The van der Waals surface area contributed by atoms with Gasteiger partial charge >= 0.3 is 0 Å². The number of methoxy groups -OCH3 is 2. The lowest BCUT2D eigenvalue weighted by atomic mass is 10.0. The number of rotatable bonds is 5. The molecular formula is C20H27N5O5S. The van der Waals surface area contributed by atoms with Gasteiger partial charge < -0.3 is 18.9 Å². The lowest BCUT2D eigenvalue weighted by Gasteiger charge is -2.34. The molecule has 11 heteroatoms. The summed E-state index contributed by atoms with van der Waals surface area (Å²) in [5, 5.41) is 8.63. The number of ether oxygens (including phenoxy) is 2. The average Bonchev–Trinajstić information content (AvgIpc) is 3.20. The fraction of sp³-hybridized carbons (Fsp3) is 0.550. The molecule has 1 aromatic carbocycles. The fourth-order valence-corrected chi connectivity index (χ4v) is 5.43. The molecule has 1 fully saturated rings. The predicted molar refractivity (Wildman–Crippen MR) is 112 cm³/mol. The van der Waals surface area contributed by atoms with Gasteiger partial charge in [-0.3, -0.25) is 4.79 Å². The second-order valence-corrected chi connectivity index (χ2v) is 9.74. The summed E-state index contributed by atoms with van der Waals surface area (Å²) in [7, 11) is -0.263. The fourth-order valence-electron chi connectivity index (χ4n) is 4.31. The van der Waals surface area contributed by atoms with Crippen molar-refractivity contribution in [3.05, 3.63) is 35.4 Å². The number of nitrogens with zero attached hydrogens (tertiary/aromatic N) is 5. The molecule has 0 saturated carbocycles. The van der Waals surface area contributed by atoms with Crippen molar-refractivity contribution in [2.45, 2.75) is 38.4 Å². The molecule has 31 heavy (non-hydrogen) atoms. The highest BCUT2D eigenvalue weighted by molar-refractivity contribution is 7.88. The third-order valence-corrected chi connectivity index (χ3v) is 7.17. The minimum absolute atomic E-state index is 0.161. The van der Waals surface area contributed by atoms with Crippen LogP contribution in [0.4, 0.5) is 0 Å². The molecule has 0 radical (unpaired) electrons. The van der Waals surface area contributed by atoms with Gasteiger partial charge in [0.15, 0.2) is 11.6 Å². The van der Waals surface area contributed by atoms with Crippen LogP contribution in [0.15, 0.2) is 18.2 Å². The van der Waals surface area contributed by atoms with Crippen LogP contribution in [-0.4, -0.2) is 71.9 Å². The summed E-state index contributed by atoms with van der Waals surface area (Å²) < 4.78 is 38.6. The topological polar surface area (TPSA) is 107 Å². The Balaban J connectivity index is 1.57. The summed E-state index contributed by atoms with van der Waals surface area (Å²) in [5.74, 6) is 2.21. The van der Waals surface area contributed by atoms with E-state index in [2.05, 4.69) is 10.2 Å². The third-order valence-electron chi connectivity index (χ3n) is 5.89. The molecule has 168 valence electrons. The summed E-state index contributed by atoms with van der Waals surface area (Å²) in [5.41, 5.74) is 0.451. The first kappa shape index (κ1) is 21.6. The lowest BCUT2D eigenvalue weighted by molar-refractivity contribution is 0.0701. The zero-order valence-electron chi connectivity index (χ0n) is 17.9. The van der Waals surface area contributed by atoms with E-state index in [0.29, 0.717) is 54.9 Å². The number of aromatic nitrogens is 3. The molecule has 1 unspecified atom stereocenters. The van der Waals surface area contributed by atoms with Gasteiger partial charge in [-0.2, -0.15) is 4.31 Å². The van der Waals surface area contributed by atoms with Gasteiger partial charge in [-0.1, -0.05) is 6.42 Å². The Hall–Kier alpha value is -2.66. The van der Waals surface area contributed by atoms with Crippen molar-refractivity contribution in [3.8, 4) is 11.5 Å². The van der Waals surface area contributed by atoms with E-state index < -0.39 is 10.0 Å². The molecule has 2 aliphatic rings. The van der Waals surface area contributed by atoms with E-state index in [1.165, 1.54) is 17.7 Å². The normalized spacial score (nSPS) is 19.7. The number of hydrogen-bond donors (Lipinski definition) is 0. The summed E-state index contributed by atoms with van der Waals surface area (Å²) in [4.78, 5) is 14.8. The minimum Gasteiger partial charge on any atom is -0.497 e. The minimum atomic E-state index is -3.34. The van der Waals surface area contributed by atoms with E-state index in [0.717, 1.165) is 19.3 Å². The van der Waals surface area contributed by atoms with Crippen molar-refractivity contribution in [2.24, 2.45) is 0 Å². The smallest absolute Gasteiger partial charge is 0.258 e. The summed E-state index contributed by atoms with van der Waals surface area (Å²) in [6.45, 7) is 1.77. The molecule has 4 rings (SSSR count). The summed E-state index contributed by atoms with van der Waals surface area (Å²) in [6.07, 6.45) is 3.75. The summed E-state index contributed by atoms with van der Waals surface area (Å²) >= 11 is 0. The van der Waals surface area contributed by atoms with Gasteiger partial charge in [0, 0.05) is 25.7 Å². The molecule has 1 saturated heterocycles. The van der Waals surface area contributed by atoms with Gasteiger partial charge in [-0.15, -0.1) is 10.2 Å². The molecule has 1 atom stereocenters. The van der Waals surface area contributed by atoms with Crippen molar-refractivity contribution in [2.75, 3.05) is 33.6 Å². The second-order valence-electron chi connectivity index (χ2n) is 7.80. The molecule has 10 nitrogen and oxygen atoms in total. The van der Waals surface area contributed by atoms with Crippen LogP contribution < -0.4 is 9.47 Å². The van der Waals surface area contributed by atoms with Crippen molar-refractivity contribution in [3.63, 3.8) is 0 Å². The zero-order chi connectivity index (χ0) is 22.2. The van der Waals surface area contributed by atoms with Crippen molar-refractivity contribution < 1.29 is 22.7 Å². The van der Waals surface area contributed by atoms with Crippen LogP contribution in [0, 0.1) is 0 Å². The average molecular weight is 450 g/mol. The second kappa shape index (κ2) is 8.46. The first-order valence-electron chi connectivity index (χ1n) is 10.2. The Kier molecular flexibility index (Phi) is 5.89. The van der Waals surface area contributed by atoms with E-state index in [1.54, 1.807) is 30.2 Å². The van der Waals surface area contributed by atoms with Crippen LogP contribution in [0.1, 0.15) is 47.3 Å². The Morgan fingerprint density at radius 2 is 1.90 bits per heavy atom. The van der Waals surface area contributed by atoms with Crippen LogP contribution in [-0.2, 0) is 23.1 Å². The number of amides is 1. The maximum atomic E-state index is 13.1. The number of fused-ring (bicyclic) bond motifs is 1.